The molecule has 0 radical (unpaired) electrons. The maximum Gasteiger partial charge on any atom is 0.159 e. The minimum absolute atomic E-state index is 0.919. The molecule has 3 heterocycles. The molecule has 4 nitrogen and oxygen atoms in total. The van der Waals surface area contributed by atoms with Crippen molar-refractivity contribution in [3.05, 3.63) is 17.8 Å². The molecule has 2 aliphatic heterocycles. The third-order valence-corrected chi connectivity index (χ3v) is 3.20. The SMILES string of the molecule is Cc1cnn2c1N=C(N1CCCC1)CC=C2. The van der Waals surface area contributed by atoms with Crippen LogP contribution >= 0.6 is 0 Å². The Kier molecular flexibility index (Phi) is 2.27. The average molecular weight is 216 g/mol. The summed E-state index contributed by atoms with van der Waals surface area (Å²) in [6.45, 7) is 4.36. The second-order valence-electron chi connectivity index (χ2n) is 4.41. The molecule has 0 N–H and O–H groups in total. The van der Waals surface area contributed by atoms with E-state index in [1.807, 2.05) is 17.1 Å². The van der Waals surface area contributed by atoms with Gasteiger partial charge in [-0.2, -0.15) is 5.10 Å². The van der Waals surface area contributed by atoms with Crippen LogP contribution in [-0.4, -0.2) is 33.6 Å². The molecular formula is C12H16N4. The Hall–Kier alpha value is -1.58. The second kappa shape index (κ2) is 3.77. The monoisotopic (exact) mass is 216 g/mol. The number of fused-ring (bicyclic) bond motifs is 1. The van der Waals surface area contributed by atoms with Crippen LogP contribution in [0.15, 0.2) is 17.3 Å². The number of aryl methyl sites for hydroxylation is 1. The molecule has 2 aliphatic rings. The maximum atomic E-state index is 4.76. The zero-order valence-corrected chi connectivity index (χ0v) is 9.56. The summed E-state index contributed by atoms with van der Waals surface area (Å²) in [6.07, 6.45) is 9.52. The molecular weight excluding hydrogens is 200 g/mol. The van der Waals surface area contributed by atoms with Gasteiger partial charge in [0.25, 0.3) is 0 Å². The van der Waals surface area contributed by atoms with Crippen LogP contribution in [0, 0.1) is 6.92 Å². The van der Waals surface area contributed by atoms with E-state index < -0.39 is 0 Å². The van der Waals surface area contributed by atoms with Crippen molar-refractivity contribution < 1.29 is 0 Å². The Morgan fingerprint density at radius 2 is 2.06 bits per heavy atom. The Labute approximate surface area is 95.3 Å². The first-order valence-electron chi connectivity index (χ1n) is 5.88. The molecule has 3 rings (SSSR count). The van der Waals surface area contributed by atoms with Gasteiger partial charge in [0.15, 0.2) is 5.82 Å². The first-order valence-corrected chi connectivity index (χ1v) is 5.88. The molecule has 16 heavy (non-hydrogen) atoms. The highest BCUT2D eigenvalue weighted by Gasteiger charge is 2.18. The summed E-state index contributed by atoms with van der Waals surface area (Å²) >= 11 is 0. The molecule has 1 saturated heterocycles. The van der Waals surface area contributed by atoms with E-state index in [-0.39, 0.29) is 0 Å². The Morgan fingerprint density at radius 3 is 2.88 bits per heavy atom. The van der Waals surface area contributed by atoms with E-state index >= 15 is 0 Å². The lowest BCUT2D eigenvalue weighted by Gasteiger charge is -2.18. The summed E-state index contributed by atoms with van der Waals surface area (Å²) < 4.78 is 1.86. The summed E-state index contributed by atoms with van der Waals surface area (Å²) in [7, 11) is 0. The Morgan fingerprint density at radius 1 is 1.25 bits per heavy atom. The molecule has 0 atom stereocenters. The molecule has 4 heteroatoms. The van der Waals surface area contributed by atoms with Gasteiger partial charge >= 0.3 is 0 Å². The molecule has 0 unspecified atom stereocenters. The van der Waals surface area contributed by atoms with Crippen LogP contribution in [0.25, 0.3) is 6.20 Å². The van der Waals surface area contributed by atoms with Crippen LogP contribution in [0.3, 0.4) is 0 Å². The molecule has 0 amide bonds. The first-order chi connectivity index (χ1) is 7.84. The summed E-state index contributed by atoms with van der Waals surface area (Å²) in [5.74, 6) is 2.17. The van der Waals surface area contributed by atoms with Crippen LogP contribution in [0.2, 0.25) is 0 Å². The van der Waals surface area contributed by atoms with E-state index in [4.69, 9.17) is 4.99 Å². The number of aliphatic imine (C=N–C) groups is 1. The summed E-state index contributed by atoms with van der Waals surface area (Å²) in [4.78, 5) is 7.16. The van der Waals surface area contributed by atoms with Gasteiger partial charge in [-0.05, 0) is 19.8 Å². The third kappa shape index (κ3) is 1.54. The molecule has 1 aromatic rings. The number of amidine groups is 1. The van der Waals surface area contributed by atoms with E-state index in [1.54, 1.807) is 0 Å². The Bertz CT molecular complexity index is 450. The lowest BCUT2D eigenvalue weighted by Crippen LogP contribution is -2.26. The molecule has 0 spiro atoms. The molecule has 0 bridgehead atoms. The van der Waals surface area contributed by atoms with Crippen molar-refractivity contribution in [2.75, 3.05) is 13.1 Å². The molecule has 0 aliphatic carbocycles. The normalized spacial score (nSPS) is 19.6. The number of likely N-dealkylation sites (tertiary alicyclic amines) is 1. The number of rotatable bonds is 0. The summed E-state index contributed by atoms with van der Waals surface area (Å²) in [5, 5.41) is 4.28. The zero-order chi connectivity index (χ0) is 11.0. The summed E-state index contributed by atoms with van der Waals surface area (Å²) in [5.41, 5.74) is 1.14. The predicted molar refractivity (Wildman–Crippen MR) is 64.8 cm³/mol. The summed E-state index contributed by atoms with van der Waals surface area (Å²) in [6, 6.07) is 0. The fourth-order valence-electron chi connectivity index (χ4n) is 2.29. The zero-order valence-electron chi connectivity index (χ0n) is 9.56. The van der Waals surface area contributed by atoms with Crippen LogP contribution < -0.4 is 0 Å². The van der Waals surface area contributed by atoms with Gasteiger partial charge in [0.05, 0.1) is 6.20 Å². The van der Waals surface area contributed by atoms with Crippen molar-refractivity contribution in [2.24, 2.45) is 4.99 Å². The third-order valence-electron chi connectivity index (χ3n) is 3.20. The smallest absolute Gasteiger partial charge is 0.159 e. The molecule has 1 aromatic heterocycles. The van der Waals surface area contributed by atoms with Gasteiger partial charge < -0.3 is 4.90 Å². The van der Waals surface area contributed by atoms with Gasteiger partial charge in [0.1, 0.15) is 5.84 Å². The molecule has 0 saturated carbocycles. The van der Waals surface area contributed by atoms with Gasteiger partial charge in [-0.15, -0.1) is 0 Å². The van der Waals surface area contributed by atoms with Crippen molar-refractivity contribution in [2.45, 2.75) is 26.2 Å². The molecule has 0 aromatic carbocycles. The standard InChI is InChI=1S/C12H16N4/c1-10-9-13-16-8-4-5-11(14-12(10)16)15-6-2-3-7-15/h4,8-9H,2-3,5-7H2,1H3. The minimum atomic E-state index is 0.919. The van der Waals surface area contributed by atoms with Crippen LogP contribution in [-0.2, 0) is 0 Å². The number of hydrogen-bond donors (Lipinski definition) is 0. The second-order valence-corrected chi connectivity index (χ2v) is 4.41. The fourth-order valence-corrected chi connectivity index (χ4v) is 2.29. The maximum absolute atomic E-state index is 4.76. The highest BCUT2D eigenvalue weighted by molar-refractivity contribution is 5.87. The van der Waals surface area contributed by atoms with Gasteiger partial charge in [-0.3, -0.25) is 0 Å². The lowest BCUT2D eigenvalue weighted by molar-refractivity contribution is 0.512. The van der Waals surface area contributed by atoms with Gasteiger partial charge in [-0.1, -0.05) is 6.08 Å². The average Bonchev–Trinajstić information content (AvgIpc) is 2.86. The molecule has 1 fully saturated rings. The minimum Gasteiger partial charge on any atom is -0.360 e. The van der Waals surface area contributed by atoms with Crippen molar-refractivity contribution in [3.8, 4) is 0 Å². The number of nitrogens with zero attached hydrogens (tertiary/aromatic N) is 4. The van der Waals surface area contributed by atoms with Crippen molar-refractivity contribution in [3.63, 3.8) is 0 Å². The highest BCUT2D eigenvalue weighted by atomic mass is 15.3. The topological polar surface area (TPSA) is 33.4 Å². The quantitative estimate of drug-likeness (QED) is 0.666. The van der Waals surface area contributed by atoms with Gasteiger partial charge in [-0.25, -0.2) is 9.67 Å². The van der Waals surface area contributed by atoms with Crippen molar-refractivity contribution in [1.29, 1.82) is 0 Å². The van der Waals surface area contributed by atoms with E-state index in [1.165, 1.54) is 18.7 Å². The van der Waals surface area contributed by atoms with E-state index in [2.05, 4.69) is 23.0 Å². The lowest BCUT2D eigenvalue weighted by atomic mass is 10.3. The highest BCUT2D eigenvalue weighted by Crippen LogP contribution is 2.23. The van der Waals surface area contributed by atoms with E-state index in [0.29, 0.717) is 0 Å². The van der Waals surface area contributed by atoms with Gasteiger partial charge in [0.2, 0.25) is 0 Å². The van der Waals surface area contributed by atoms with Crippen molar-refractivity contribution >= 4 is 17.9 Å². The Balaban J connectivity index is 1.99. The van der Waals surface area contributed by atoms with Crippen LogP contribution in [0.1, 0.15) is 24.8 Å². The van der Waals surface area contributed by atoms with Gasteiger partial charge in [0, 0.05) is 31.3 Å². The van der Waals surface area contributed by atoms with E-state index in [0.717, 1.165) is 30.9 Å². The first kappa shape index (κ1) is 9.63. The fraction of sp³-hybridized carbons (Fsp3) is 0.500. The van der Waals surface area contributed by atoms with Crippen LogP contribution in [0.5, 0.6) is 0 Å². The van der Waals surface area contributed by atoms with E-state index in [9.17, 15) is 0 Å². The number of aromatic nitrogens is 2. The molecule has 84 valence electrons. The van der Waals surface area contributed by atoms with Crippen LogP contribution in [0.4, 0.5) is 5.82 Å². The largest absolute Gasteiger partial charge is 0.360 e. The van der Waals surface area contributed by atoms with Crippen molar-refractivity contribution in [1.82, 2.24) is 14.7 Å². The predicted octanol–water partition coefficient (Wildman–Crippen LogP) is 2.19. The number of hydrogen-bond acceptors (Lipinski definition) is 3.